The number of aromatic nitrogens is 1. The third kappa shape index (κ3) is 3.59. The van der Waals surface area contributed by atoms with Crippen LogP contribution in [0.4, 0.5) is 0 Å². The molecule has 1 saturated heterocycles. The van der Waals surface area contributed by atoms with Gasteiger partial charge in [-0.2, -0.15) is 4.31 Å². The van der Waals surface area contributed by atoms with E-state index >= 15 is 0 Å². The summed E-state index contributed by atoms with van der Waals surface area (Å²) in [4.78, 5) is 18.1. The molecule has 1 fully saturated rings. The van der Waals surface area contributed by atoms with Gasteiger partial charge in [0.15, 0.2) is 0 Å². The highest BCUT2D eigenvalue weighted by molar-refractivity contribution is 7.88. The van der Waals surface area contributed by atoms with Crippen molar-refractivity contribution in [2.24, 2.45) is 0 Å². The fourth-order valence-electron chi connectivity index (χ4n) is 2.65. The van der Waals surface area contributed by atoms with Gasteiger partial charge in [0, 0.05) is 32.5 Å². The van der Waals surface area contributed by atoms with Crippen LogP contribution in [-0.2, 0) is 21.4 Å². The molecule has 1 amide bonds. The van der Waals surface area contributed by atoms with Crippen molar-refractivity contribution in [2.75, 3.05) is 19.8 Å². The Morgan fingerprint density at radius 3 is 2.86 bits per heavy atom. The predicted molar refractivity (Wildman–Crippen MR) is 80.0 cm³/mol. The summed E-state index contributed by atoms with van der Waals surface area (Å²) in [6.45, 7) is 2.83. The predicted octanol–water partition coefficient (Wildman–Crippen LogP) is 0.772. The molecule has 0 N–H and O–H groups in total. The van der Waals surface area contributed by atoms with Gasteiger partial charge in [-0.1, -0.05) is 0 Å². The number of nitrogens with zero attached hydrogens (tertiary/aromatic N) is 3. The van der Waals surface area contributed by atoms with Gasteiger partial charge in [0.1, 0.15) is 6.04 Å². The van der Waals surface area contributed by atoms with Crippen LogP contribution in [-0.4, -0.2) is 54.4 Å². The summed E-state index contributed by atoms with van der Waals surface area (Å²) in [5.74, 6) is -0.144. The van der Waals surface area contributed by atoms with E-state index in [1.54, 1.807) is 24.3 Å². The highest BCUT2D eigenvalue weighted by Crippen LogP contribution is 2.22. The Kier molecular flexibility index (Phi) is 4.63. The molecule has 0 radical (unpaired) electrons. The number of amides is 1. The van der Waals surface area contributed by atoms with E-state index in [0.717, 1.165) is 23.8 Å². The average Bonchev–Trinajstić information content (AvgIpc) is 2.89. The highest BCUT2D eigenvalue weighted by atomic mass is 32.2. The highest BCUT2D eigenvalue weighted by Gasteiger charge is 2.37. The van der Waals surface area contributed by atoms with Crippen LogP contribution in [0.25, 0.3) is 0 Å². The second-order valence-corrected chi connectivity index (χ2v) is 7.46. The van der Waals surface area contributed by atoms with Gasteiger partial charge in [0.25, 0.3) is 0 Å². The monoisotopic (exact) mass is 311 g/mol. The quantitative estimate of drug-likeness (QED) is 0.823. The Hall–Kier alpha value is -1.47. The average molecular weight is 311 g/mol. The number of aryl methyl sites for hydroxylation is 1. The maximum atomic E-state index is 12.5. The number of sulfonamides is 1. The zero-order chi connectivity index (χ0) is 15.6. The van der Waals surface area contributed by atoms with E-state index in [4.69, 9.17) is 0 Å². The Balaban J connectivity index is 2.11. The van der Waals surface area contributed by atoms with Gasteiger partial charge in [-0.25, -0.2) is 8.42 Å². The second-order valence-electron chi connectivity index (χ2n) is 5.53. The first-order chi connectivity index (χ1) is 9.80. The first-order valence-corrected chi connectivity index (χ1v) is 8.77. The van der Waals surface area contributed by atoms with Crippen LogP contribution in [0.5, 0.6) is 0 Å². The minimum atomic E-state index is -3.34. The van der Waals surface area contributed by atoms with Crippen molar-refractivity contribution in [1.82, 2.24) is 14.2 Å². The third-order valence-electron chi connectivity index (χ3n) is 3.83. The van der Waals surface area contributed by atoms with E-state index in [9.17, 15) is 13.2 Å². The lowest BCUT2D eigenvalue weighted by Gasteiger charge is -2.26. The number of rotatable bonds is 4. The van der Waals surface area contributed by atoms with Crippen molar-refractivity contribution in [2.45, 2.75) is 32.4 Å². The Morgan fingerprint density at radius 1 is 1.52 bits per heavy atom. The maximum Gasteiger partial charge on any atom is 0.241 e. The first-order valence-electron chi connectivity index (χ1n) is 6.92. The van der Waals surface area contributed by atoms with Gasteiger partial charge in [-0.05, 0) is 37.0 Å². The first kappa shape index (κ1) is 15.9. The summed E-state index contributed by atoms with van der Waals surface area (Å²) >= 11 is 0. The molecule has 0 unspecified atom stereocenters. The van der Waals surface area contributed by atoms with Crippen molar-refractivity contribution < 1.29 is 13.2 Å². The summed E-state index contributed by atoms with van der Waals surface area (Å²) in [5, 5.41) is 0. The molecule has 1 aromatic rings. The number of hydrogen-bond donors (Lipinski definition) is 0. The Bertz CT molecular complexity index is 630. The molecule has 21 heavy (non-hydrogen) atoms. The fraction of sp³-hybridized carbons (Fsp3) is 0.571. The van der Waals surface area contributed by atoms with Gasteiger partial charge < -0.3 is 4.90 Å². The largest absolute Gasteiger partial charge is 0.340 e. The lowest BCUT2D eigenvalue weighted by atomic mass is 10.1. The molecular weight excluding hydrogens is 290 g/mol. The van der Waals surface area contributed by atoms with Gasteiger partial charge in [-0.3, -0.25) is 9.78 Å². The molecule has 0 bridgehead atoms. The summed E-state index contributed by atoms with van der Waals surface area (Å²) in [6.07, 6.45) is 5.92. The molecule has 1 aliphatic rings. The fourth-order valence-corrected chi connectivity index (χ4v) is 3.77. The van der Waals surface area contributed by atoms with Crippen LogP contribution in [0.2, 0.25) is 0 Å². The van der Waals surface area contributed by atoms with Crippen LogP contribution < -0.4 is 0 Å². The number of hydrogen-bond acceptors (Lipinski definition) is 4. The van der Waals surface area contributed by atoms with E-state index in [2.05, 4.69) is 4.98 Å². The lowest BCUT2D eigenvalue weighted by Crippen LogP contribution is -2.45. The zero-order valence-electron chi connectivity index (χ0n) is 12.6. The molecule has 2 heterocycles. The number of carbonyl (C=O) groups is 1. The molecule has 6 nitrogen and oxygen atoms in total. The van der Waals surface area contributed by atoms with Gasteiger partial charge in [0.05, 0.1) is 6.26 Å². The van der Waals surface area contributed by atoms with E-state index in [1.807, 2.05) is 13.0 Å². The Morgan fingerprint density at radius 2 is 2.24 bits per heavy atom. The van der Waals surface area contributed by atoms with E-state index in [1.165, 1.54) is 4.31 Å². The van der Waals surface area contributed by atoms with E-state index in [0.29, 0.717) is 19.5 Å². The standard InChI is InChI=1S/C14H21N3O3S/c1-11-9-15-7-6-12(11)10-16(2)14(18)13-5-4-8-17(13)21(3,19)20/h6-7,9,13H,4-5,8,10H2,1-3H3/t13-/m0/s1. The van der Waals surface area contributed by atoms with Crippen molar-refractivity contribution in [3.63, 3.8) is 0 Å². The number of carbonyl (C=O) groups excluding carboxylic acids is 1. The maximum absolute atomic E-state index is 12.5. The third-order valence-corrected chi connectivity index (χ3v) is 5.12. The molecule has 116 valence electrons. The lowest BCUT2D eigenvalue weighted by molar-refractivity contribution is -0.133. The summed E-state index contributed by atoms with van der Waals surface area (Å²) in [5.41, 5.74) is 2.04. The van der Waals surface area contributed by atoms with Crippen molar-refractivity contribution >= 4 is 15.9 Å². The minimum Gasteiger partial charge on any atom is -0.340 e. The molecule has 1 aliphatic heterocycles. The summed E-state index contributed by atoms with van der Waals surface area (Å²) in [6, 6.07) is 1.31. The van der Waals surface area contributed by atoms with E-state index < -0.39 is 16.1 Å². The number of pyridine rings is 1. The van der Waals surface area contributed by atoms with Gasteiger partial charge in [0.2, 0.25) is 15.9 Å². The molecule has 1 aromatic heterocycles. The molecule has 0 aliphatic carbocycles. The van der Waals surface area contributed by atoms with Crippen molar-refractivity contribution in [3.8, 4) is 0 Å². The SMILES string of the molecule is Cc1cnccc1CN(C)C(=O)[C@@H]1CCCN1S(C)(=O)=O. The van der Waals surface area contributed by atoms with Crippen LogP contribution >= 0.6 is 0 Å². The molecule has 0 spiro atoms. The van der Waals surface area contributed by atoms with Crippen molar-refractivity contribution in [3.05, 3.63) is 29.6 Å². The van der Waals surface area contributed by atoms with E-state index in [-0.39, 0.29) is 5.91 Å². The summed E-state index contributed by atoms with van der Waals surface area (Å²) in [7, 11) is -1.63. The van der Waals surface area contributed by atoms with Gasteiger partial charge in [-0.15, -0.1) is 0 Å². The number of likely N-dealkylation sites (N-methyl/N-ethyl adjacent to an activating group) is 1. The molecule has 7 heteroatoms. The summed E-state index contributed by atoms with van der Waals surface area (Å²) < 4.78 is 24.8. The molecular formula is C14H21N3O3S. The topological polar surface area (TPSA) is 70.6 Å². The Labute approximate surface area is 125 Å². The van der Waals surface area contributed by atoms with Crippen LogP contribution in [0.1, 0.15) is 24.0 Å². The zero-order valence-corrected chi connectivity index (χ0v) is 13.4. The smallest absolute Gasteiger partial charge is 0.241 e. The van der Waals surface area contributed by atoms with Crippen LogP contribution in [0, 0.1) is 6.92 Å². The minimum absolute atomic E-state index is 0.144. The molecule has 0 saturated carbocycles. The van der Waals surface area contributed by atoms with Crippen LogP contribution in [0.3, 0.4) is 0 Å². The van der Waals surface area contributed by atoms with Crippen LogP contribution in [0.15, 0.2) is 18.5 Å². The van der Waals surface area contributed by atoms with Gasteiger partial charge >= 0.3 is 0 Å². The molecule has 1 atom stereocenters. The molecule has 0 aromatic carbocycles. The normalized spacial score (nSPS) is 19.7. The van der Waals surface area contributed by atoms with Crippen molar-refractivity contribution in [1.29, 1.82) is 0 Å². The second kappa shape index (κ2) is 6.11. The molecule has 2 rings (SSSR count).